The van der Waals surface area contributed by atoms with Crippen LogP contribution in [0.1, 0.15) is 47.7 Å². The van der Waals surface area contributed by atoms with E-state index in [1.54, 1.807) is 25.1 Å². The van der Waals surface area contributed by atoms with Gasteiger partial charge in [0.05, 0.1) is 11.9 Å². The second-order valence-electron chi connectivity index (χ2n) is 6.29. The van der Waals surface area contributed by atoms with Crippen LogP contribution in [0, 0.1) is 6.92 Å². The summed E-state index contributed by atoms with van der Waals surface area (Å²) in [6, 6.07) is 12.7. The zero-order valence-corrected chi connectivity index (χ0v) is 15.8. The molecule has 1 atom stereocenters. The molecule has 0 saturated heterocycles. The number of amides is 1. The Kier molecular flexibility index (Phi) is 5.85. The zero-order valence-electron chi connectivity index (χ0n) is 15.0. The van der Waals surface area contributed by atoms with Crippen molar-refractivity contribution in [3.8, 4) is 0 Å². The molecule has 2 rings (SSSR count). The van der Waals surface area contributed by atoms with Crippen molar-refractivity contribution in [2.75, 3.05) is 16.3 Å². The van der Waals surface area contributed by atoms with Crippen molar-refractivity contribution in [3.63, 3.8) is 0 Å². The summed E-state index contributed by atoms with van der Waals surface area (Å²) in [7, 11) is -3.40. The van der Waals surface area contributed by atoms with E-state index in [1.165, 1.54) is 5.56 Å². The lowest BCUT2D eigenvalue weighted by Gasteiger charge is -2.12. The highest BCUT2D eigenvalue weighted by atomic mass is 32.2. The minimum atomic E-state index is -3.40. The molecule has 0 heterocycles. The molecule has 0 aromatic heterocycles. The number of anilines is 2. The maximum Gasteiger partial charge on any atom is 0.255 e. The zero-order chi connectivity index (χ0) is 18.6. The fourth-order valence-electron chi connectivity index (χ4n) is 2.41. The summed E-state index contributed by atoms with van der Waals surface area (Å²) >= 11 is 0. The van der Waals surface area contributed by atoms with Crippen molar-refractivity contribution >= 4 is 27.3 Å². The summed E-state index contributed by atoms with van der Waals surface area (Å²) in [6.07, 6.45) is 2.14. The monoisotopic (exact) mass is 360 g/mol. The fraction of sp³-hybridized carbons (Fsp3) is 0.316. The van der Waals surface area contributed by atoms with Crippen LogP contribution in [0.3, 0.4) is 0 Å². The molecule has 2 aromatic carbocycles. The molecule has 1 amide bonds. The third-order valence-corrected chi connectivity index (χ3v) is 4.74. The maximum atomic E-state index is 12.4. The van der Waals surface area contributed by atoms with Crippen LogP contribution < -0.4 is 10.0 Å². The number of benzene rings is 2. The standard InChI is InChI=1S/C19H24N2O3S/c1-5-13(2)15-8-10-17(11-9-15)20-19(22)16-7-6-14(3)18(12-16)21-25(4,23)24/h6-13,21H,5H2,1-4H3,(H,20,22)/t13-/m0/s1. The summed E-state index contributed by atoms with van der Waals surface area (Å²) in [5, 5.41) is 2.84. The van der Waals surface area contributed by atoms with E-state index >= 15 is 0 Å². The average Bonchev–Trinajstić information content (AvgIpc) is 2.55. The predicted molar refractivity (Wildman–Crippen MR) is 103 cm³/mol. The largest absolute Gasteiger partial charge is 0.322 e. The van der Waals surface area contributed by atoms with E-state index in [-0.39, 0.29) is 5.91 Å². The van der Waals surface area contributed by atoms with Gasteiger partial charge in [0.25, 0.3) is 5.91 Å². The molecule has 134 valence electrons. The summed E-state index contributed by atoms with van der Waals surface area (Å²) in [5.74, 6) is 0.194. The predicted octanol–water partition coefficient (Wildman–Crippen LogP) is 4.13. The quantitative estimate of drug-likeness (QED) is 0.813. The van der Waals surface area contributed by atoms with Gasteiger partial charge in [0, 0.05) is 11.3 Å². The van der Waals surface area contributed by atoms with Crippen LogP contribution in [0.4, 0.5) is 11.4 Å². The Labute approximate surface area is 149 Å². The number of hydrogen-bond donors (Lipinski definition) is 2. The molecule has 0 unspecified atom stereocenters. The topological polar surface area (TPSA) is 75.3 Å². The van der Waals surface area contributed by atoms with Gasteiger partial charge in [-0.25, -0.2) is 8.42 Å². The summed E-state index contributed by atoms with van der Waals surface area (Å²) in [6.45, 7) is 6.08. The first-order valence-corrected chi connectivity index (χ1v) is 10.1. The van der Waals surface area contributed by atoms with Gasteiger partial charge in [-0.05, 0) is 54.7 Å². The molecule has 2 N–H and O–H groups in total. The van der Waals surface area contributed by atoms with Gasteiger partial charge in [0.1, 0.15) is 0 Å². The molecule has 0 bridgehead atoms. The normalized spacial score (nSPS) is 12.5. The Hall–Kier alpha value is -2.34. The van der Waals surface area contributed by atoms with E-state index in [4.69, 9.17) is 0 Å². The highest BCUT2D eigenvalue weighted by Crippen LogP contribution is 2.22. The Balaban J connectivity index is 2.17. The minimum absolute atomic E-state index is 0.284. The van der Waals surface area contributed by atoms with Crippen molar-refractivity contribution < 1.29 is 13.2 Å². The number of rotatable bonds is 6. The van der Waals surface area contributed by atoms with Crippen LogP contribution in [-0.4, -0.2) is 20.6 Å². The highest BCUT2D eigenvalue weighted by molar-refractivity contribution is 7.92. The average molecular weight is 360 g/mol. The third kappa shape index (κ3) is 5.32. The Morgan fingerprint density at radius 2 is 1.76 bits per heavy atom. The number of aryl methyl sites for hydroxylation is 1. The number of carbonyl (C=O) groups excluding carboxylic acids is 1. The van der Waals surface area contributed by atoms with Gasteiger partial charge >= 0.3 is 0 Å². The van der Waals surface area contributed by atoms with Crippen molar-refractivity contribution in [1.29, 1.82) is 0 Å². The first-order valence-electron chi connectivity index (χ1n) is 8.19. The molecule has 0 spiro atoms. The first-order chi connectivity index (χ1) is 11.7. The van der Waals surface area contributed by atoms with Crippen LogP contribution in [0.2, 0.25) is 0 Å². The molecule has 0 aliphatic heterocycles. The summed E-state index contributed by atoms with van der Waals surface area (Å²) < 4.78 is 25.3. The van der Waals surface area contributed by atoms with Gasteiger partial charge in [-0.2, -0.15) is 0 Å². The second-order valence-corrected chi connectivity index (χ2v) is 8.04. The van der Waals surface area contributed by atoms with Crippen molar-refractivity contribution in [1.82, 2.24) is 0 Å². The van der Waals surface area contributed by atoms with Crippen LogP contribution >= 0.6 is 0 Å². The Bertz CT molecular complexity index is 859. The molecular formula is C19H24N2O3S. The third-order valence-electron chi connectivity index (χ3n) is 4.15. The molecule has 0 aliphatic rings. The van der Waals surface area contributed by atoms with Gasteiger partial charge in [0.15, 0.2) is 0 Å². The molecule has 6 heteroatoms. The first kappa shape index (κ1) is 19.0. The molecule has 5 nitrogen and oxygen atoms in total. The molecule has 0 aliphatic carbocycles. The van der Waals surface area contributed by atoms with E-state index in [9.17, 15) is 13.2 Å². The van der Waals surface area contributed by atoms with Crippen LogP contribution in [0.5, 0.6) is 0 Å². The SMILES string of the molecule is CC[C@H](C)c1ccc(NC(=O)c2ccc(C)c(NS(C)(=O)=O)c2)cc1. The lowest BCUT2D eigenvalue weighted by Crippen LogP contribution is -2.14. The fourth-order valence-corrected chi connectivity index (χ4v) is 3.03. The van der Waals surface area contributed by atoms with Gasteiger partial charge in [0.2, 0.25) is 10.0 Å². The van der Waals surface area contributed by atoms with Crippen LogP contribution in [0.15, 0.2) is 42.5 Å². The van der Waals surface area contributed by atoms with Crippen molar-refractivity contribution in [2.45, 2.75) is 33.1 Å². The molecule has 25 heavy (non-hydrogen) atoms. The number of nitrogens with one attached hydrogen (secondary N) is 2. The van der Waals surface area contributed by atoms with Crippen LogP contribution in [0.25, 0.3) is 0 Å². The Morgan fingerprint density at radius 1 is 1.12 bits per heavy atom. The Morgan fingerprint density at radius 3 is 2.32 bits per heavy atom. The summed E-state index contributed by atoms with van der Waals surface area (Å²) in [5.41, 5.74) is 3.48. The molecule has 0 saturated carbocycles. The summed E-state index contributed by atoms with van der Waals surface area (Å²) in [4.78, 5) is 12.4. The minimum Gasteiger partial charge on any atom is -0.322 e. The highest BCUT2D eigenvalue weighted by Gasteiger charge is 2.11. The smallest absolute Gasteiger partial charge is 0.255 e. The second kappa shape index (κ2) is 7.70. The number of sulfonamides is 1. The van der Waals surface area contributed by atoms with Gasteiger partial charge in [-0.1, -0.05) is 32.0 Å². The molecule has 0 fully saturated rings. The molecule has 0 radical (unpaired) electrons. The van der Waals surface area contributed by atoms with E-state index in [1.807, 2.05) is 24.3 Å². The van der Waals surface area contributed by atoms with Crippen molar-refractivity contribution in [2.24, 2.45) is 0 Å². The van der Waals surface area contributed by atoms with E-state index < -0.39 is 10.0 Å². The molecular weight excluding hydrogens is 336 g/mol. The van der Waals surface area contributed by atoms with E-state index in [0.29, 0.717) is 22.9 Å². The van der Waals surface area contributed by atoms with Crippen molar-refractivity contribution in [3.05, 3.63) is 59.2 Å². The van der Waals surface area contributed by atoms with Gasteiger partial charge < -0.3 is 5.32 Å². The number of carbonyl (C=O) groups is 1. The number of hydrogen-bond acceptors (Lipinski definition) is 3. The van der Waals surface area contributed by atoms with Gasteiger partial charge in [-0.3, -0.25) is 9.52 Å². The van der Waals surface area contributed by atoms with Gasteiger partial charge in [-0.15, -0.1) is 0 Å². The molecule has 2 aromatic rings. The van der Waals surface area contributed by atoms with Crippen LogP contribution in [-0.2, 0) is 10.0 Å². The van der Waals surface area contributed by atoms with E-state index in [0.717, 1.165) is 18.2 Å². The maximum absolute atomic E-state index is 12.4. The lowest BCUT2D eigenvalue weighted by atomic mass is 9.98. The van der Waals surface area contributed by atoms with E-state index in [2.05, 4.69) is 23.9 Å². The lowest BCUT2D eigenvalue weighted by molar-refractivity contribution is 0.102.